The van der Waals surface area contributed by atoms with Crippen molar-refractivity contribution in [2.45, 2.75) is 20.0 Å². The molecule has 4 aromatic rings. The van der Waals surface area contributed by atoms with Gasteiger partial charge in [0.25, 0.3) is 5.91 Å². The van der Waals surface area contributed by atoms with Gasteiger partial charge in [-0.1, -0.05) is 0 Å². The summed E-state index contributed by atoms with van der Waals surface area (Å²) in [5.74, 6) is -0.361. The summed E-state index contributed by atoms with van der Waals surface area (Å²) < 4.78 is 14.3. The molecule has 0 aliphatic heterocycles. The van der Waals surface area contributed by atoms with Gasteiger partial charge in [-0.2, -0.15) is 5.26 Å². The van der Waals surface area contributed by atoms with E-state index < -0.39 is 5.82 Å². The molecule has 32 heavy (non-hydrogen) atoms. The number of nitrogens with zero attached hydrogens (tertiary/aromatic N) is 5. The average molecular weight is 426 g/mol. The first-order valence-corrected chi connectivity index (χ1v) is 9.85. The van der Waals surface area contributed by atoms with Crippen LogP contribution in [-0.2, 0) is 13.1 Å². The van der Waals surface area contributed by atoms with E-state index in [1.165, 1.54) is 29.4 Å². The van der Waals surface area contributed by atoms with Crippen LogP contribution in [0.25, 0.3) is 10.9 Å². The Morgan fingerprint density at radius 3 is 2.72 bits per heavy atom. The van der Waals surface area contributed by atoms with Crippen LogP contribution in [0, 0.1) is 24.1 Å². The second kappa shape index (κ2) is 8.78. The molecule has 0 saturated carbocycles. The van der Waals surface area contributed by atoms with Crippen LogP contribution in [-0.4, -0.2) is 25.8 Å². The Bertz CT molecular complexity index is 1350. The second-order valence-corrected chi connectivity index (χ2v) is 7.34. The van der Waals surface area contributed by atoms with Crippen molar-refractivity contribution >= 4 is 22.6 Å². The number of nitrogen functional groups attached to an aromatic ring is 1. The van der Waals surface area contributed by atoms with Crippen molar-refractivity contribution in [3.8, 4) is 6.07 Å². The highest BCUT2D eigenvalue weighted by Crippen LogP contribution is 2.21. The number of nitriles is 1. The summed E-state index contributed by atoms with van der Waals surface area (Å²) in [5, 5.41) is 9.76. The molecule has 2 N–H and O–H groups in total. The number of carbonyl (C=O) groups is 1. The third-order valence-corrected chi connectivity index (χ3v) is 5.06. The van der Waals surface area contributed by atoms with Crippen LogP contribution in [0.4, 0.5) is 10.2 Å². The van der Waals surface area contributed by atoms with Gasteiger partial charge >= 0.3 is 0 Å². The first-order valence-electron chi connectivity index (χ1n) is 9.85. The lowest BCUT2D eigenvalue weighted by Gasteiger charge is -2.22. The maximum absolute atomic E-state index is 14.3. The summed E-state index contributed by atoms with van der Waals surface area (Å²) in [7, 11) is 0. The smallest absolute Gasteiger partial charge is 0.254 e. The number of halogens is 1. The first kappa shape index (κ1) is 20.9. The molecule has 0 radical (unpaired) electrons. The van der Waals surface area contributed by atoms with Crippen LogP contribution in [0.1, 0.15) is 32.9 Å². The van der Waals surface area contributed by atoms with Gasteiger partial charge in [0.2, 0.25) is 0 Å². The summed E-state index contributed by atoms with van der Waals surface area (Å²) >= 11 is 0. The minimum atomic E-state index is -0.494. The van der Waals surface area contributed by atoms with Crippen molar-refractivity contribution in [2.75, 3.05) is 5.73 Å². The summed E-state index contributed by atoms with van der Waals surface area (Å²) in [6.07, 6.45) is 2.92. The maximum atomic E-state index is 14.3. The predicted octanol–water partition coefficient (Wildman–Crippen LogP) is 3.77. The normalized spacial score (nSPS) is 10.7. The Balaban J connectivity index is 1.69. The molecular formula is C24H19FN6O. The molecule has 0 spiro atoms. The number of aromatic nitrogens is 3. The number of fused-ring (bicyclic) bond motifs is 1. The van der Waals surface area contributed by atoms with Gasteiger partial charge in [-0.3, -0.25) is 14.8 Å². The third-order valence-electron chi connectivity index (χ3n) is 5.06. The van der Waals surface area contributed by atoms with Gasteiger partial charge in [-0.15, -0.1) is 0 Å². The van der Waals surface area contributed by atoms with E-state index in [-0.39, 0.29) is 24.7 Å². The lowest BCUT2D eigenvalue weighted by molar-refractivity contribution is 0.0724. The number of carbonyl (C=O) groups excluding carboxylic acids is 1. The summed E-state index contributed by atoms with van der Waals surface area (Å²) in [6.45, 7) is 1.94. The number of nitrogens with two attached hydrogens (primary N) is 1. The van der Waals surface area contributed by atoms with Crippen LogP contribution in [0.3, 0.4) is 0 Å². The molecule has 0 aliphatic rings. The highest BCUT2D eigenvalue weighted by molar-refractivity contribution is 5.98. The number of anilines is 1. The van der Waals surface area contributed by atoms with Gasteiger partial charge in [-0.05, 0) is 61.0 Å². The Morgan fingerprint density at radius 1 is 1.16 bits per heavy atom. The van der Waals surface area contributed by atoms with Gasteiger partial charge < -0.3 is 10.6 Å². The lowest BCUT2D eigenvalue weighted by atomic mass is 10.1. The van der Waals surface area contributed by atoms with E-state index in [2.05, 4.69) is 15.0 Å². The first-order chi connectivity index (χ1) is 15.4. The van der Waals surface area contributed by atoms with Crippen molar-refractivity contribution < 1.29 is 9.18 Å². The molecule has 0 bridgehead atoms. The van der Waals surface area contributed by atoms with Crippen LogP contribution < -0.4 is 5.73 Å². The molecule has 0 fully saturated rings. The molecule has 7 nitrogen and oxygen atoms in total. The molecular weight excluding hydrogens is 407 g/mol. The van der Waals surface area contributed by atoms with Gasteiger partial charge in [0, 0.05) is 23.3 Å². The fraction of sp³-hybridized carbons (Fsp3) is 0.125. The zero-order valence-corrected chi connectivity index (χ0v) is 17.3. The highest BCUT2D eigenvalue weighted by Gasteiger charge is 2.20. The zero-order valence-electron chi connectivity index (χ0n) is 17.3. The molecule has 0 unspecified atom stereocenters. The number of hydrogen-bond donors (Lipinski definition) is 1. The standard InChI is InChI=1S/C24H19FN6O/c1-15-9-18-10-17(5-7-21(18)30-23(15)27)24(32)31(14-22-20(25)3-2-8-28-22)13-19-6-4-16(11-26)12-29-19/h2-10,12H,13-14H2,1H3,(H2,27,30). The van der Waals surface area contributed by atoms with E-state index in [0.29, 0.717) is 28.2 Å². The highest BCUT2D eigenvalue weighted by atomic mass is 19.1. The van der Waals surface area contributed by atoms with E-state index >= 15 is 0 Å². The van der Waals surface area contributed by atoms with Gasteiger partial charge in [0.05, 0.1) is 35.6 Å². The molecule has 1 aromatic carbocycles. The predicted molar refractivity (Wildman–Crippen MR) is 118 cm³/mol. The fourth-order valence-electron chi connectivity index (χ4n) is 3.31. The van der Waals surface area contributed by atoms with Gasteiger partial charge in [0.1, 0.15) is 17.7 Å². The maximum Gasteiger partial charge on any atom is 0.254 e. The van der Waals surface area contributed by atoms with E-state index in [0.717, 1.165) is 10.9 Å². The lowest BCUT2D eigenvalue weighted by Crippen LogP contribution is -2.31. The summed E-state index contributed by atoms with van der Waals surface area (Å²) in [6, 6.07) is 15.1. The number of aryl methyl sites for hydroxylation is 1. The molecule has 3 heterocycles. The van der Waals surface area contributed by atoms with E-state index in [9.17, 15) is 9.18 Å². The van der Waals surface area contributed by atoms with E-state index in [4.69, 9.17) is 11.0 Å². The van der Waals surface area contributed by atoms with Crippen molar-refractivity contribution in [2.24, 2.45) is 0 Å². The molecule has 0 aliphatic carbocycles. The molecule has 8 heteroatoms. The van der Waals surface area contributed by atoms with Gasteiger partial charge in [-0.25, -0.2) is 9.37 Å². The Labute approximate surface area is 184 Å². The average Bonchev–Trinajstić information content (AvgIpc) is 2.80. The third kappa shape index (κ3) is 4.37. The Morgan fingerprint density at radius 2 is 2.00 bits per heavy atom. The van der Waals surface area contributed by atoms with E-state index in [1.54, 1.807) is 30.3 Å². The SMILES string of the molecule is Cc1cc2cc(C(=O)N(Cc3ccc(C#N)cn3)Cc3ncccc3F)ccc2nc1N. The monoisotopic (exact) mass is 426 g/mol. The molecule has 1 amide bonds. The second-order valence-electron chi connectivity index (χ2n) is 7.34. The molecule has 4 rings (SSSR count). The molecule has 0 saturated heterocycles. The van der Waals surface area contributed by atoms with Crippen molar-refractivity contribution in [1.29, 1.82) is 5.26 Å². The van der Waals surface area contributed by atoms with Crippen molar-refractivity contribution in [3.05, 3.63) is 94.8 Å². The fourth-order valence-corrected chi connectivity index (χ4v) is 3.31. The number of amides is 1. The number of hydrogen-bond acceptors (Lipinski definition) is 6. The minimum absolute atomic E-state index is 0.0375. The molecule has 0 atom stereocenters. The molecule has 3 aromatic heterocycles. The van der Waals surface area contributed by atoms with Crippen LogP contribution >= 0.6 is 0 Å². The zero-order chi connectivity index (χ0) is 22.7. The quantitative estimate of drug-likeness (QED) is 0.520. The summed E-state index contributed by atoms with van der Waals surface area (Å²) in [4.78, 5) is 27.6. The Hall–Kier alpha value is -4.38. The summed E-state index contributed by atoms with van der Waals surface area (Å²) in [5.41, 5.74) is 8.94. The minimum Gasteiger partial charge on any atom is -0.383 e. The van der Waals surface area contributed by atoms with Crippen molar-refractivity contribution in [1.82, 2.24) is 19.9 Å². The van der Waals surface area contributed by atoms with Crippen LogP contribution in [0.5, 0.6) is 0 Å². The largest absolute Gasteiger partial charge is 0.383 e. The number of benzene rings is 1. The van der Waals surface area contributed by atoms with Gasteiger partial charge in [0.15, 0.2) is 0 Å². The van der Waals surface area contributed by atoms with Crippen molar-refractivity contribution in [3.63, 3.8) is 0 Å². The number of rotatable bonds is 5. The Kier molecular flexibility index (Phi) is 5.73. The van der Waals surface area contributed by atoms with E-state index in [1.807, 2.05) is 19.1 Å². The van der Waals surface area contributed by atoms with Crippen LogP contribution in [0.2, 0.25) is 0 Å². The number of pyridine rings is 3. The molecule has 158 valence electrons. The van der Waals surface area contributed by atoms with Crippen LogP contribution in [0.15, 0.2) is 60.9 Å². The topological polar surface area (TPSA) is 109 Å².